The Bertz CT molecular complexity index is 753. The van der Waals surface area contributed by atoms with Crippen molar-refractivity contribution in [1.29, 1.82) is 0 Å². The summed E-state index contributed by atoms with van der Waals surface area (Å²) in [6.45, 7) is 7.74. The van der Waals surface area contributed by atoms with Gasteiger partial charge in [0, 0.05) is 18.8 Å². The van der Waals surface area contributed by atoms with Crippen molar-refractivity contribution in [3.63, 3.8) is 0 Å². The van der Waals surface area contributed by atoms with Gasteiger partial charge in [-0.2, -0.15) is 0 Å². The van der Waals surface area contributed by atoms with E-state index in [0.29, 0.717) is 5.76 Å². The van der Waals surface area contributed by atoms with Crippen molar-refractivity contribution in [3.8, 4) is 0 Å². The molecule has 3 heteroatoms. The van der Waals surface area contributed by atoms with Crippen LogP contribution in [0.1, 0.15) is 5.76 Å². The molecule has 1 aliphatic carbocycles. The normalized spacial score (nSPS) is 12.8. The highest BCUT2D eigenvalue weighted by atomic mass is 16.5. The van der Waals surface area contributed by atoms with Crippen LogP contribution in [0.15, 0.2) is 58.9 Å². The van der Waals surface area contributed by atoms with E-state index in [9.17, 15) is 0 Å². The second-order valence-corrected chi connectivity index (χ2v) is 4.28. The molecule has 0 saturated carbocycles. The lowest BCUT2D eigenvalue weighted by molar-refractivity contribution is 0.317. The molecule has 20 heavy (non-hydrogen) atoms. The first-order chi connectivity index (χ1) is 9.62. The van der Waals surface area contributed by atoms with Gasteiger partial charge >= 0.3 is 0 Å². The van der Waals surface area contributed by atoms with Crippen LogP contribution in [0.4, 0.5) is 0 Å². The Morgan fingerprint density at radius 3 is 2.80 bits per heavy atom. The molecule has 0 atom stereocenters. The minimum absolute atomic E-state index is 0.687. The van der Waals surface area contributed by atoms with Crippen molar-refractivity contribution >= 4 is 17.9 Å². The lowest BCUT2D eigenvalue weighted by Gasteiger charge is -1.95. The number of hydrogen-bond acceptors (Lipinski definition) is 3. The molecule has 1 N–H and O–H groups in total. The molecule has 1 aromatic rings. The smallest absolute Gasteiger partial charge is 0.166 e. The molecule has 2 rings (SSSR count). The maximum absolute atomic E-state index is 5.65. The third kappa shape index (κ3) is 3.22. The highest BCUT2D eigenvalue weighted by Crippen LogP contribution is 2.05. The number of furan rings is 1. The van der Waals surface area contributed by atoms with Crippen molar-refractivity contribution in [3.05, 3.63) is 70.9 Å². The van der Waals surface area contributed by atoms with E-state index in [1.807, 2.05) is 43.5 Å². The van der Waals surface area contributed by atoms with Gasteiger partial charge in [0.1, 0.15) is 11.2 Å². The second kappa shape index (κ2) is 6.00. The van der Waals surface area contributed by atoms with E-state index in [1.165, 1.54) is 0 Å². The number of rotatable bonds is 6. The number of allylic oxidation sites excluding steroid dienone is 5. The molecule has 0 fully saturated rings. The van der Waals surface area contributed by atoms with Crippen LogP contribution in [-0.2, 0) is 4.74 Å². The van der Waals surface area contributed by atoms with Gasteiger partial charge in [0.2, 0.25) is 0 Å². The quantitative estimate of drug-likeness (QED) is 0.799. The van der Waals surface area contributed by atoms with E-state index < -0.39 is 0 Å². The summed E-state index contributed by atoms with van der Waals surface area (Å²) in [6, 6.07) is 1.91. The lowest BCUT2D eigenvalue weighted by atomic mass is 10.2. The zero-order valence-electron chi connectivity index (χ0n) is 11.7. The molecule has 0 unspecified atom stereocenters. The summed E-state index contributed by atoms with van der Waals surface area (Å²) < 4.78 is 10.7. The summed E-state index contributed by atoms with van der Waals surface area (Å²) in [5, 5.41) is 3.85. The maximum atomic E-state index is 5.65. The van der Waals surface area contributed by atoms with E-state index in [2.05, 4.69) is 24.2 Å². The van der Waals surface area contributed by atoms with Crippen LogP contribution in [-0.4, -0.2) is 14.2 Å². The third-order valence-electron chi connectivity index (χ3n) is 2.80. The van der Waals surface area contributed by atoms with Crippen LogP contribution >= 0.6 is 0 Å². The highest BCUT2D eigenvalue weighted by Gasteiger charge is 2.03. The van der Waals surface area contributed by atoms with Crippen molar-refractivity contribution in [2.45, 2.75) is 0 Å². The number of fused-ring (bicyclic) bond motifs is 1. The van der Waals surface area contributed by atoms with Crippen molar-refractivity contribution in [2.75, 3.05) is 14.2 Å². The number of nitrogens with one attached hydrogen (secondary N) is 1. The van der Waals surface area contributed by atoms with Crippen LogP contribution in [0.3, 0.4) is 0 Å². The Hall–Kier alpha value is -2.64. The van der Waals surface area contributed by atoms with Gasteiger partial charge in [-0.15, -0.1) is 0 Å². The van der Waals surface area contributed by atoms with Crippen molar-refractivity contribution < 1.29 is 9.15 Å². The van der Waals surface area contributed by atoms with Gasteiger partial charge in [0.05, 0.1) is 12.3 Å². The average Bonchev–Trinajstić information content (AvgIpc) is 2.99. The van der Waals surface area contributed by atoms with Gasteiger partial charge < -0.3 is 14.5 Å². The van der Waals surface area contributed by atoms with Crippen LogP contribution in [0.2, 0.25) is 0 Å². The zero-order chi connectivity index (χ0) is 14.5. The minimum Gasteiger partial charge on any atom is -0.489 e. The van der Waals surface area contributed by atoms with Gasteiger partial charge in [-0.1, -0.05) is 31.0 Å². The largest absolute Gasteiger partial charge is 0.489 e. The first-order valence-electron chi connectivity index (χ1n) is 6.20. The lowest BCUT2D eigenvalue weighted by Crippen LogP contribution is -2.14. The summed E-state index contributed by atoms with van der Waals surface area (Å²) in [7, 11) is 3.44. The Balaban J connectivity index is 2.09. The summed E-state index contributed by atoms with van der Waals surface area (Å²) in [5.74, 6) is 1.45. The van der Waals surface area contributed by atoms with Gasteiger partial charge in [0.25, 0.3) is 0 Å². The zero-order valence-corrected chi connectivity index (χ0v) is 11.7. The molecular formula is C17H17NO2. The number of methoxy groups -OCH3 is 1. The SMILES string of the molecule is C=C(/C=C\C(=C)NC)/C=C/c1cc2c(o1)=CC(OC)=C=2. The molecule has 1 aromatic heterocycles. The monoisotopic (exact) mass is 267 g/mol. The first-order valence-corrected chi connectivity index (χ1v) is 6.20. The standard InChI is InChI=1S/C17H17NO2/c1-12(5-7-13(2)18-3)6-8-15-9-14-10-16(19-4)11-17(14)20-15/h5-9,11,18H,1-2H2,3-4H3/b7-5-,8-6+. The Labute approximate surface area is 118 Å². The fraction of sp³-hybridized carbons (Fsp3) is 0.118. The summed E-state index contributed by atoms with van der Waals surface area (Å²) in [4.78, 5) is 0. The summed E-state index contributed by atoms with van der Waals surface area (Å²) >= 11 is 0. The molecule has 0 aliphatic heterocycles. The minimum atomic E-state index is 0.687. The number of hydrogen-bond donors (Lipinski definition) is 1. The van der Waals surface area contributed by atoms with Crippen LogP contribution in [0.5, 0.6) is 0 Å². The number of ether oxygens (including phenoxy) is 1. The number of likely N-dealkylation sites (N-methyl/N-ethyl adjacent to an activating group) is 1. The molecule has 0 saturated heterocycles. The second-order valence-electron chi connectivity index (χ2n) is 4.28. The molecule has 1 heterocycles. The first kappa shape index (κ1) is 13.8. The van der Waals surface area contributed by atoms with Gasteiger partial charge in [-0.25, -0.2) is 0 Å². The van der Waals surface area contributed by atoms with Gasteiger partial charge in [0.15, 0.2) is 5.76 Å². The molecule has 0 spiro atoms. The van der Waals surface area contributed by atoms with Crippen molar-refractivity contribution in [1.82, 2.24) is 5.32 Å². The highest BCUT2D eigenvalue weighted by molar-refractivity contribution is 5.57. The molecule has 3 nitrogen and oxygen atoms in total. The molecule has 0 aromatic carbocycles. The topological polar surface area (TPSA) is 34.4 Å². The van der Waals surface area contributed by atoms with Gasteiger partial charge in [-0.05, 0) is 23.8 Å². The predicted octanol–water partition coefficient (Wildman–Crippen LogP) is 1.84. The molecule has 0 radical (unpaired) electrons. The predicted molar refractivity (Wildman–Crippen MR) is 81.9 cm³/mol. The summed E-state index contributed by atoms with van der Waals surface area (Å²) in [6.07, 6.45) is 9.32. The average molecular weight is 267 g/mol. The Kier molecular flexibility index (Phi) is 4.14. The Morgan fingerprint density at radius 1 is 1.35 bits per heavy atom. The van der Waals surface area contributed by atoms with E-state index in [1.54, 1.807) is 7.11 Å². The molecular weight excluding hydrogens is 250 g/mol. The molecule has 102 valence electrons. The molecule has 1 aliphatic rings. The van der Waals surface area contributed by atoms with E-state index in [0.717, 1.165) is 27.7 Å². The van der Waals surface area contributed by atoms with Crippen LogP contribution < -0.4 is 16.0 Å². The van der Waals surface area contributed by atoms with Gasteiger partial charge in [-0.3, -0.25) is 0 Å². The van der Waals surface area contributed by atoms with E-state index >= 15 is 0 Å². The fourth-order valence-corrected chi connectivity index (χ4v) is 1.65. The van der Waals surface area contributed by atoms with Crippen LogP contribution in [0.25, 0.3) is 17.9 Å². The third-order valence-corrected chi connectivity index (χ3v) is 2.80. The van der Waals surface area contributed by atoms with E-state index in [4.69, 9.17) is 9.15 Å². The van der Waals surface area contributed by atoms with Crippen LogP contribution in [0, 0.1) is 0 Å². The van der Waals surface area contributed by atoms with Crippen molar-refractivity contribution in [2.24, 2.45) is 0 Å². The Morgan fingerprint density at radius 2 is 2.15 bits per heavy atom. The fourth-order valence-electron chi connectivity index (χ4n) is 1.65. The molecule has 0 bridgehead atoms. The molecule has 0 amide bonds. The maximum Gasteiger partial charge on any atom is 0.166 e. The summed E-state index contributed by atoms with van der Waals surface area (Å²) in [5.41, 5.74) is 5.56. The van der Waals surface area contributed by atoms with E-state index in [-0.39, 0.29) is 0 Å².